The van der Waals surface area contributed by atoms with Gasteiger partial charge in [-0.3, -0.25) is 33.7 Å². The Morgan fingerprint density at radius 1 is 0.931 bits per heavy atom. The first-order valence-electron chi connectivity index (χ1n) is 9.24. The molecule has 0 fully saturated rings. The van der Waals surface area contributed by atoms with E-state index in [1.54, 1.807) is 0 Å². The van der Waals surface area contributed by atoms with E-state index in [1.807, 2.05) is 0 Å². The van der Waals surface area contributed by atoms with E-state index in [4.69, 9.17) is 5.11 Å². The summed E-state index contributed by atoms with van der Waals surface area (Å²) in [6, 6.07) is -1.93. The van der Waals surface area contributed by atoms with E-state index >= 15 is 0 Å². The van der Waals surface area contributed by atoms with Crippen molar-refractivity contribution >= 4 is 35.5 Å². The summed E-state index contributed by atoms with van der Waals surface area (Å²) in [6.45, 7) is 3.01. The monoisotopic (exact) mass is 410 g/mol. The number of carbonyl (C=O) groups excluding carboxylic acids is 5. The van der Waals surface area contributed by atoms with Crippen molar-refractivity contribution in [3.8, 4) is 0 Å². The smallest absolute Gasteiger partial charge is 0.325 e. The number of carboxylic acids is 1. The predicted octanol–water partition coefficient (Wildman–Crippen LogP) is -1.32. The fourth-order valence-electron chi connectivity index (χ4n) is 2.40. The van der Waals surface area contributed by atoms with Gasteiger partial charge in [-0.1, -0.05) is 0 Å². The zero-order valence-corrected chi connectivity index (χ0v) is 16.4. The molecule has 0 saturated carbocycles. The van der Waals surface area contributed by atoms with Crippen molar-refractivity contribution in [2.45, 2.75) is 51.6 Å². The molecule has 11 nitrogen and oxygen atoms in total. The van der Waals surface area contributed by atoms with Crippen LogP contribution in [-0.4, -0.2) is 70.7 Å². The highest BCUT2D eigenvalue weighted by Gasteiger charge is 2.23. The lowest BCUT2D eigenvalue weighted by Crippen LogP contribution is -2.49. The van der Waals surface area contributed by atoms with Crippen LogP contribution < -0.4 is 16.0 Å². The quantitative estimate of drug-likeness (QED) is 0.229. The molecule has 2 atom stereocenters. The Hall–Kier alpha value is -3.24. The summed E-state index contributed by atoms with van der Waals surface area (Å²) in [5.74, 6) is -3.23. The highest BCUT2D eigenvalue weighted by Crippen LogP contribution is 2.03. The molecule has 0 aromatic carbocycles. The van der Waals surface area contributed by atoms with Crippen molar-refractivity contribution in [1.29, 1.82) is 0 Å². The minimum atomic E-state index is -1.18. The number of carboxylic acid groups (broad SMARTS) is 1. The van der Waals surface area contributed by atoms with Crippen molar-refractivity contribution in [1.82, 2.24) is 20.9 Å². The van der Waals surface area contributed by atoms with Gasteiger partial charge in [-0.25, -0.2) is 0 Å². The maximum atomic E-state index is 11.8. The number of unbranched alkanes of at least 4 members (excludes halogenated alkanes) is 1. The van der Waals surface area contributed by atoms with E-state index in [0.29, 0.717) is 12.8 Å². The van der Waals surface area contributed by atoms with Gasteiger partial charge in [-0.2, -0.15) is 0 Å². The molecule has 1 aliphatic heterocycles. The highest BCUT2D eigenvalue weighted by molar-refractivity contribution is 6.12. The first-order valence-corrected chi connectivity index (χ1v) is 9.24. The van der Waals surface area contributed by atoms with Gasteiger partial charge in [-0.05, 0) is 26.7 Å². The second-order valence-corrected chi connectivity index (χ2v) is 6.58. The lowest BCUT2D eigenvalue weighted by atomic mass is 10.1. The molecule has 0 aromatic heterocycles. The molecule has 0 aliphatic carbocycles. The van der Waals surface area contributed by atoms with E-state index in [-0.39, 0.29) is 37.7 Å². The molecule has 1 rings (SSSR count). The summed E-state index contributed by atoms with van der Waals surface area (Å²) in [4.78, 5) is 69.7. The number of carbonyl (C=O) groups is 6. The second kappa shape index (κ2) is 11.6. The van der Waals surface area contributed by atoms with Gasteiger partial charge in [0, 0.05) is 38.1 Å². The van der Waals surface area contributed by atoms with Gasteiger partial charge < -0.3 is 21.1 Å². The van der Waals surface area contributed by atoms with Gasteiger partial charge in [0.15, 0.2) is 0 Å². The summed E-state index contributed by atoms with van der Waals surface area (Å²) < 4.78 is 0. The van der Waals surface area contributed by atoms with Crippen LogP contribution in [0, 0.1) is 0 Å². The first kappa shape index (κ1) is 23.8. The van der Waals surface area contributed by atoms with Crippen molar-refractivity contribution in [3.05, 3.63) is 12.2 Å². The summed E-state index contributed by atoms with van der Waals surface area (Å²) in [6.07, 6.45) is 3.51. The van der Waals surface area contributed by atoms with Crippen molar-refractivity contribution in [2.24, 2.45) is 0 Å². The van der Waals surface area contributed by atoms with Crippen LogP contribution in [0.15, 0.2) is 12.2 Å². The lowest BCUT2D eigenvalue weighted by Gasteiger charge is -2.16. The number of rotatable bonds is 12. The van der Waals surface area contributed by atoms with Crippen LogP contribution in [0.5, 0.6) is 0 Å². The Balaban J connectivity index is 2.13. The van der Waals surface area contributed by atoms with E-state index in [0.717, 1.165) is 4.90 Å². The normalized spacial score (nSPS) is 15.0. The molecule has 1 heterocycles. The molecule has 0 bridgehead atoms. The Morgan fingerprint density at radius 3 is 2.03 bits per heavy atom. The molecule has 1 aliphatic rings. The van der Waals surface area contributed by atoms with E-state index in [9.17, 15) is 28.8 Å². The average molecular weight is 410 g/mol. The van der Waals surface area contributed by atoms with Crippen LogP contribution in [0.2, 0.25) is 0 Å². The number of nitrogens with one attached hydrogen (secondary N) is 3. The highest BCUT2D eigenvalue weighted by atomic mass is 16.4. The maximum absolute atomic E-state index is 11.8. The van der Waals surface area contributed by atoms with Crippen LogP contribution in [0.3, 0.4) is 0 Å². The van der Waals surface area contributed by atoms with Crippen molar-refractivity contribution < 1.29 is 33.9 Å². The van der Waals surface area contributed by atoms with Crippen LogP contribution in [0.4, 0.5) is 0 Å². The third-order valence-corrected chi connectivity index (χ3v) is 4.12. The molecule has 4 N–H and O–H groups in total. The Morgan fingerprint density at radius 2 is 1.48 bits per heavy atom. The number of hydrogen-bond donors (Lipinski definition) is 4. The van der Waals surface area contributed by atoms with E-state index < -0.39 is 35.8 Å². The Kier molecular flexibility index (Phi) is 9.49. The minimum absolute atomic E-state index is 0.0965. The SMILES string of the molecule is C[C@H](NC(=O)[C@H](C)NC(=O)CCCCC(=O)NCCN1C(=O)C=CC1=O)C(=O)O. The van der Waals surface area contributed by atoms with Crippen molar-refractivity contribution in [2.75, 3.05) is 13.1 Å². The Labute approximate surface area is 167 Å². The number of nitrogens with zero attached hydrogens (tertiary/aromatic N) is 1. The standard InChI is InChI=1S/C18H26N4O7/c1-11(17(27)21-12(2)18(28)29)20-14(24)6-4-3-5-13(23)19-9-10-22-15(25)7-8-16(22)26/h7-8,11-12H,3-6,9-10H2,1-2H3,(H,19,23)(H,20,24)(H,21,27)(H,28,29)/t11-,12-/m0/s1. The molecule has 0 saturated heterocycles. The number of imide groups is 1. The van der Waals surface area contributed by atoms with Gasteiger partial charge in [0.1, 0.15) is 12.1 Å². The molecule has 0 unspecified atom stereocenters. The molecule has 29 heavy (non-hydrogen) atoms. The molecular formula is C18H26N4O7. The maximum Gasteiger partial charge on any atom is 0.325 e. The Bertz CT molecular complexity index is 686. The number of amides is 5. The molecular weight excluding hydrogens is 384 g/mol. The van der Waals surface area contributed by atoms with Crippen LogP contribution in [0.25, 0.3) is 0 Å². The molecule has 11 heteroatoms. The third-order valence-electron chi connectivity index (χ3n) is 4.12. The lowest BCUT2D eigenvalue weighted by molar-refractivity contribution is -0.141. The van der Waals surface area contributed by atoms with Gasteiger partial charge in [0.2, 0.25) is 17.7 Å². The summed E-state index contributed by atoms with van der Waals surface area (Å²) in [5, 5.41) is 16.1. The van der Waals surface area contributed by atoms with Crippen molar-refractivity contribution in [3.63, 3.8) is 0 Å². The third kappa shape index (κ3) is 8.54. The predicted molar refractivity (Wildman–Crippen MR) is 100 cm³/mol. The summed E-state index contributed by atoms with van der Waals surface area (Å²) in [5.41, 5.74) is 0. The number of hydrogen-bond acceptors (Lipinski definition) is 6. The van der Waals surface area contributed by atoms with E-state index in [1.165, 1.54) is 26.0 Å². The largest absolute Gasteiger partial charge is 0.480 e. The van der Waals surface area contributed by atoms with Crippen LogP contribution in [0.1, 0.15) is 39.5 Å². The fourth-order valence-corrected chi connectivity index (χ4v) is 2.40. The molecule has 0 spiro atoms. The average Bonchev–Trinajstić information content (AvgIpc) is 2.97. The van der Waals surface area contributed by atoms with Crippen LogP contribution in [-0.2, 0) is 28.8 Å². The van der Waals surface area contributed by atoms with Gasteiger partial charge in [0.25, 0.3) is 11.8 Å². The molecule has 0 radical (unpaired) electrons. The number of aliphatic carboxylic acids is 1. The zero-order chi connectivity index (χ0) is 22.0. The second-order valence-electron chi connectivity index (χ2n) is 6.58. The van der Waals surface area contributed by atoms with E-state index in [2.05, 4.69) is 16.0 Å². The van der Waals surface area contributed by atoms with Gasteiger partial charge >= 0.3 is 5.97 Å². The topological polar surface area (TPSA) is 162 Å². The summed E-state index contributed by atoms with van der Waals surface area (Å²) in [7, 11) is 0. The first-order chi connectivity index (χ1) is 13.6. The van der Waals surface area contributed by atoms with Gasteiger partial charge in [0.05, 0.1) is 0 Å². The van der Waals surface area contributed by atoms with Gasteiger partial charge in [-0.15, -0.1) is 0 Å². The zero-order valence-electron chi connectivity index (χ0n) is 16.4. The molecule has 0 aromatic rings. The fraction of sp³-hybridized carbons (Fsp3) is 0.556. The molecule has 160 valence electrons. The summed E-state index contributed by atoms with van der Waals surface area (Å²) >= 11 is 0. The minimum Gasteiger partial charge on any atom is -0.480 e. The molecule has 5 amide bonds. The van der Waals surface area contributed by atoms with Crippen LogP contribution >= 0.6 is 0 Å².